The normalized spacial score (nSPS) is 10.5. The van der Waals surface area contributed by atoms with Crippen LogP contribution in [0.5, 0.6) is 11.5 Å². The lowest BCUT2D eigenvalue weighted by Crippen LogP contribution is -2.29. The molecule has 0 bridgehead atoms. The molecular formula is C18H21NO2. The number of hydrogen-bond acceptors (Lipinski definition) is 2. The Hall–Kier alpha value is -2.29. The van der Waals surface area contributed by atoms with Crippen LogP contribution in [0.3, 0.4) is 0 Å². The van der Waals surface area contributed by atoms with Gasteiger partial charge in [0, 0.05) is 19.5 Å². The lowest BCUT2D eigenvalue weighted by atomic mass is 10.1. The van der Waals surface area contributed by atoms with Gasteiger partial charge in [0.25, 0.3) is 0 Å². The van der Waals surface area contributed by atoms with E-state index in [4.69, 9.17) is 4.74 Å². The van der Waals surface area contributed by atoms with Crippen LogP contribution in [0.1, 0.15) is 19.4 Å². The number of hydrogen-bond donors (Lipinski definition) is 0. The van der Waals surface area contributed by atoms with E-state index in [2.05, 4.69) is 0 Å². The zero-order valence-electron chi connectivity index (χ0n) is 12.7. The van der Waals surface area contributed by atoms with E-state index in [0.29, 0.717) is 6.54 Å². The van der Waals surface area contributed by atoms with Gasteiger partial charge in [-0.2, -0.15) is 0 Å². The summed E-state index contributed by atoms with van der Waals surface area (Å²) in [6.45, 7) is 4.44. The van der Waals surface area contributed by atoms with Gasteiger partial charge in [-0.1, -0.05) is 44.2 Å². The van der Waals surface area contributed by atoms with Gasteiger partial charge >= 0.3 is 0 Å². The Kier molecular flexibility index (Phi) is 4.99. The fourth-order valence-electron chi connectivity index (χ4n) is 2.08. The molecule has 0 saturated carbocycles. The zero-order chi connectivity index (χ0) is 15.2. The van der Waals surface area contributed by atoms with Gasteiger partial charge in [-0.05, 0) is 29.8 Å². The third-order valence-corrected chi connectivity index (χ3v) is 3.19. The summed E-state index contributed by atoms with van der Waals surface area (Å²) >= 11 is 0. The highest BCUT2D eigenvalue weighted by molar-refractivity contribution is 5.77. The van der Waals surface area contributed by atoms with Crippen molar-refractivity contribution >= 4 is 5.91 Å². The van der Waals surface area contributed by atoms with Gasteiger partial charge in [0.2, 0.25) is 5.91 Å². The Bertz CT molecular complexity index is 576. The van der Waals surface area contributed by atoms with Crippen molar-refractivity contribution in [1.29, 1.82) is 0 Å². The first kappa shape index (κ1) is 15.1. The lowest BCUT2D eigenvalue weighted by molar-refractivity contribution is -0.133. The number of para-hydroxylation sites is 1. The van der Waals surface area contributed by atoms with E-state index in [1.54, 1.807) is 4.90 Å². The predicted octanol–water partition coefficient (Wildman–Crippen LogP) is 4.09. The van der Waals surface area contributed by atoms with Crippen LogP contribution in [0.25, 0.3) is 0 Å². The van der Waals surface area contributed by atoms with E-state index in [9.17, 15) is 4.79 Å². The third kappa shape index (κ3) is 4.35. The monoisotopic (exact) mass is 283 g/mol. The molecule has 0 atom stereocenters. The van der Waals surface area contributed by atoms with E-state index in [0.717, 1.165) is 17.1 Å². The highest BCUT2D eigenvalue weighted by Crippen LogP contribution is 2.21. The maximum Gasteiger partial charge on any atom is 0.225 e. The standard InChI is InChI=1S/C18H21NO2/c1-14(2)18(20)19(3)13-15-9-11-17(12-10-15)21-16-7-5-4-6-8-16/h4-12,14H,13H2,1-3H3. The van der Waals surface area contributed by atoms with Crippen molar-refractivity contribution < 1.29 is 9.53 Å². The second-order valence-electron chi connectivity index (χ2n) is 5.41. The van der Waals surface area contributed by atoms with Crippen molar-refractivity contribution in [3.8, 4) is 11.5 Å². The van der Waals surface area contributed by atoms with Gasteiger partial charge < -0.3 is 9.64 Å². The summed E-state index contributed by atoms with van der Waals surface area (Å²) in [5.41, 5.74) is 1.09. The van der Waals surface area contributed by atoms with E-state index in [1.165, 1.54) is 0 Å². The summed E-state index contributed by atoms with van der Waals surface area (Å²) in [6, 6.07) is 17.5. The van der Waals surface area contributed by atoms with Gasteiger partial charge in [-0.15, -0.1) is 0 Å². The fourth-order valence-corrected chi connectivity index (χ4v) is 2.08. The maximum atomic E-state index is 11.9. The van der Waals surface area contributed by atoms with Gasteiger partial charge in [0.15, 0.2) is 0 Å². The van der Waals surface area contributed by atoms with Crippen LogP contribution in [0.15, 0.2) is 54.6 Å². The zero-order valence-corrected chi connectivity index (χ0v) is 12.7. The lowest BCUT2D eigenvalue weighted by Gasteiger charge is -2.19. The fraction of sp³-hybridized carbons (Fsp3) is 0.278. The van der Waals surface area contributed by atoms with Crippen LogP contribution in [-0.4, -0.2) is 17.9 Å². The van der Waals surface area contributed by atoms with Gasteiger partial charge in [0.05, 0.1) is 0 Å². The summed E-state index contributed by atoms with van der Waals surface area (Å²) in [5.74, 6) is 1.79. The minimum absolute atomic E-state index is 0.0238. The van der Waals surface area contributed by atoms with Crippen LogP contribution in [0.2, 0.25) is 0 Å². The van der Waals surface area contributed by atoms with Crippen LogP contribution in [-0.2, 0) is 11.3 Å². The molecule has 0 aliphatic carbocycles. The molecule has 0 aliphatic heterocycles. The number of amides is 1. The number of nitrogens with zero attached hydrogens (tertiary/aromatic N) is 1. The van der Waals surface area contributed by atoms with Crippen LogP contribution in [0, 0.1) is 5.92 Å². The topological polar surface area (TPSA) is 29.5 Å². The smallest absolute Gasteiger partial charge is 0.225 e. The molecule has 0 radical (unpaired) electrons. The molecule has 0 saturated heterocycles. The van der Waals surface area contributed by atoms with Crippen molar-refractivity contribution in [2.24, 2.45) is 5.92 Å². The molecule has 2 aromatic carbocycles. The Morgan fingerprint density at radius 1 is 1.00 bits per heavy atom. The van der Waals surface area contributed by atoms with Crippen molar-refractivity contribution in [1.82, 2.24) is 4.90 Å². The molecule has 21 heavy (non-hydrogen) atoms. The molecule has 1 amide bonds. The predicted molar refractivity (Wildman–Crippen MR) is 84.3 cm³/mol. The summed E-state index contributed by atoms with van der Waals surface area (Å²) < 4.78 is 5.74. The summed E-state index contributed by atoms with van der Waals surface area (Å²) in [7, 11) is 1.83. The van der Waals surface area contributed by atoms with E-state index < -0.39 is 0 Å². The second-order valence-corrected chi connectivity index (χ2v) is 5.41. The Labute approximate surface area is 126 Å². The molecule has 3 nitrogen and oxygen atoms in total. The largest absolute Gasteiger partial charge is 0.457 e. The summed E-state index contributed by atoms with van der Waals surface area (Å²) in [6.07, 6.45) is 0. The quantitative estimate of drug-likeness (QED) is 0.827. The molecule has 0 unspecified atom stereocenters. The Balaban J connectivity index is 1.97. The van der Waals surface area contributed by atoms with Gasteiger partial charge in [-0.3, -0.25) is 4.79 Å². The third-order valence-electron chi connectivity index (χ3n) is 3.19. The highest BCUT2D eigenvalue weighted by atomic mass is 16.5. The van der Waals surface area contributed by atoms with Crippen molar-refractivity contribution in [3.05, 3.63) is 60.2 Å². The molecular weight excluding hydrogens is 262 g/mol. The van der Waals surface area contributed by atoms with Crippen LogP contribution >= 0.6 is 0 Å². The molecule has 0 heterocycles. The van der Waals surface area contributed by atoms with E-state index in [1.807, 2.05) is 75.5 Å². The SMILES string of the molecule is CC(C)C(=O)N(C)Cc1ccc(Oc2ccccc2)cc1. The summed E-state index contributed by atoms with van der Waals surface area (Å²) in [5, 5.41) is 0. The number of ether oxygens (including phenoxy) is 1. The van der Waals surface area contributed by atoms with Crippen molar-refractivity contribution in [2.75, 3.05) is 7.05 Å². The molecule has 110 valence electrons. The molecule has 2 aromatic rings. The van der Waals surface area contributed by atoms with Gasteiger partial charge in [0.1, 0.15) is 11.5 Å². The molecule has 0 fully saturated rings. The Morgan fingerprint density at radius 3 is 2.14 bits per heavy atom. The number of carbonyl (C=O) groups excluding carboxylic acids is 1. The van der Waals surface area contributed by atoms with Crippen LogP contribution in [0.4, 0.5) is 0 Å². The minimum atomic E-state index is 0.0238. The maximum absolute atomic E-state index is 11.9. The Morgan fingerprint density at radius 2 is 1.57 bits per heavy atom. The van der Waals surface area contributed by atoms with Crippen molar-refractivity contribution in [2.45, 2.75) is 20.4 Å². The molecule has 0 spiro atoms. The first-order valence-electron chi connectivity index (χ1n) is 7.13. The van der Waals surface area contributed by atoms with E-state index >= 15 is 0 Å². The average molecular weight is 283 g/mol. The molecule has 0 aromatic heterocycles. The molecule has 0 aliphatic rings. The van der Waals surface area contributed by atoms with E-state index in [-0.39, 0.29) is 11.8 Å². The second kappa shape index (κ2) is 6.93. The molecule has 0 N–H and O–H groups in total. The number of carbonyl (C=O) groups is 1. The van der Waals surface area contributed by atoms with Crippen LogP contribution < -0.4 is 4.74 Å². The first-order valence-corrected chi connectivity index (χ1v) is 7.13. The van der Waals surface area contributed by atoms with Gasteiger partial charge in [-0.25, -0.2) is 0 Å². The molecule has 3 heteroatoms. The highest BCUT2D eigenvalue weighted by Gasteiger charge is 2.12. The summed E-state index contributed by atoms with van der Waals surface area (Å²) in [4.78, 5) is 13.6. The number of benzene rings is 2. The average Bonchev–Trinajstić information content (AvgIpc) is 2.49. The molecule has 2 rings (SSSR count). The number of rotatable bonds is 5. The first-order chi connectivity index (χ1) is 10.1. The minimum Gasteiger partial charge on any atom is -0.457 e. The van der Waals surface area contributed by atoms with Crippen molar-refractivity contribution in [3.63, 3.8) is 0 Å².